The van der Waals surface area contributed by atoms with E-state index in [1.54, 1.807) is 0 Å². The molecule has 2 heterocycles. The van der Waals surface area contributed by atoms with Gasteiger partial charge in [0.25, 0.3) is 0 Å². The summed E-state index contributed by atoms with van der Waals surface area (Å²) >= 11 is 0. The van der Waals surface area contributed by atoms with Gasteiger partial charge < -0.3 is 9.47 Å². The van der Waals surface area contributed by atoms with Crippen LogP contribution in [0.4, 0.5) is 5.69 Å². The first kappa shape index (κ1) is 32.3. The zero-order chi connectivity index (χ0) is 35.3. The Morgan fingerprint density at radius 3 is 2.15 bits per heavy atom. The van der Waals surface area contributed by atoms with Gasteiger partial charge in [0.1, 0.15) is 0 Å². The molecule has 2 saturated carbocycles. The van der Waals surface area contributed by atoms with Crippen molar-refractivity contribution in [3.8, 4) is 23.9 Å². The molecule has 0 saturated heterocycles. The molecule has 0 bridgehead atoms. The lowest BCUT2D eigenvalue weighted by atomic mass is 9.70. The molecule has 4 aliphatic rings. The van der Waals surface area contributed by atoms with E-state index < -0.39 is 0 Å². The molecule has 9 rings (SSSR count). The minimum Gasteiger partial charge on any atom is -0.338 e. The number of hydrogen-bond acceptors (Lipinski definition) is 4. The van der Waals surface area contributed by atoms with Gasteiger partial charge in [0.05, 0.1) is 40.7 Å². The van der Waals surface area contributed by atoms with Crippen LogP contribution in [0.3, 0.4) is 0 Å². The van der Waals surface area contributed by atoms with Gasteiger partial charge in [0.2, 0.25) is 0 Å². The highest BCUT2D eigenvalue weighted by atomic mass is 15.2. The van der Waals surface area contributed by atoms with E-state index in [0.29, 0.717) is 17.4 Å². The summed E-state index contributed by atoms with van der Waals surface area (Å²) < 4.78 is 2.34. The molecule has 6 unspecified atom stereocenters. The highest BCUT2D eigenvalue weighted by molar-refractivity contribution is 6.09. The van der Waals surface area contributed by atoms with E-state index in [4.69, 9.17) is 0 Å². The number of rotatable bonds is 4. The second kappa shape index (κ2) is 13.2. The Morgan fingerprint density at radius 1 is 0.712 bits per heavy atom. The smallest absolute Gasteiger partial charge is 0.0992 e. The summed E-state index contributed by atoms with van der Waals surface area (Å²) in [5.41, 5.74) is 10.5. The molecule has 5 nitrogen and oxygen atoms in total. The topological polar surface area (TPSA) is 79.5 Å². The number of nitrogens with zero attached hydrogens (tertiary/aromatic N) is 5. The monoisotopic (exact) mass is 677 g/mol. The van der Waals surface area contributed by atoms with Crippen LogP contribution in [-0.4, -0.2) is 10.6 Å². The molecule has 256 valence electrons. The van der Waals surface area contributed by atoms with Crippen LogP contribution in [0.25, 0.3) is 27.5 Å². The van der Waals surface area contributed by atoms with Crippen molar-refractivity contribution < 1.29 is 0 Å². The summed E-state index contributed by atoms with van der Waals surface area (Å²) in [6, 6.07) is 40.7. The van der Waals surface area contributed by atoms with Gasteiger partial charge in [0, 0.05) is 45.7 Å². The molecule has 0 amide bonds. The van der Waals surface area contributed by atoms with Crippen LogP contribution in [0.15, 0.2) is 114 Å². The molecule has 1 aliphatic heterocycles. The molecular weight excluding hydrogens is 635 g/mol. The fraction of sp³-hybridized carbons (Fsp3) is 0.340. The highest BCUT2D eigenvalue weighted by Crippen LogP contribution is 2.54. The zero-order valence-electron chi connectivity index (χ0n) is 29.7. The summed E-state index contributed by atoms with van der Waals surface area (Å²) in [5, 5.41) is 33.1. The van der Waals surface area contributed by atoms with Gasteiger partial charge in [-0.05, 0) is 115 Å². The average molecular weight is 678 g/mol. The SMILES string of the molecule is CC1C=CC2=C(C3CC(C#N)CCC3N2c2ccccc2C2CCCCC(c3cc(C#N)cc(-n4c5ccccc5c5ccccc54)c3)C2)[C@H]1C#N. The molecule has 7 atom stereocenters. The lowest BCUT2D eigenvalue weighted by Crippen LogP contribution is -2.38. The molecule has 1 aromatic heterocycles. The number of benzene rings is 4. The van der Waals surface area contributed by atoms with Crippen molar-refractivity contribution in [1.82, 2.24) is 4.57 Å². The van der Waals surface area contributed by atoms with Crippen LogP contribution in [0, 0.1) is 57.7 Å². The van der Waals surface area contributed by atoms with Gasteiger partial charge in [-0.15, -0.1) is 0 Å². The third-order valence-corrected chi connectivity index (χ3v) is 12.8. The fourth-order valence-electron chi connectivity index (χ4n) is 10.4. The fourth-order valence-corrected chi connectivity index (χ4v) is 10.4. The number of para-hydroxylation sites is 3. The van der Waals surface area contributed by atoms with Crippen molar-refractivity contribution in [2.45, 2.75) is 76.2 Å². The molecule has 4 aromatic carbocycles. The predicted octanol–water partition coefficient (Wildman–Crippen LogP) is 11.2. The maximum Gasteiger partial charge on any atom is 0.0992 e. The van der Waals surface area contributed by atoms with E-state index in [1.165, 1.54) is 45.3 Å². The van der Waals surface area contributed by atoms with Crippen molar-refractivity contribution >= 4 is 27.5 Å². The van der Waals surface area contributed by atoms with Crippen LogP contribution in [-0.2, 0) is 0 Å². The standard InChI is InChI=1S/C47H43N5/c1-30-18-20-46-47(41(30)29-50)40-24-31(27-48)19-21-45(40)52(46)42-15-7-4-12-37(42)34-11-3-2-10-33(25-34)35-22-32(28-49)23-36(26-35)51-43-16-8-5-13-38(43)39-14-6-9-17-44(39)51/h4-9,12-18,20,22-23,26,30-31,33-34,40-41,45H,2-3,10-11,19,21,24-25H2,1H3/t30?,31?,33?,34?,40?,41-,45?/m0/s1. The van der Waals surface area contributed by atoms with Gasteiger partial charge in [-0.1, -0.05) is 80.4 Å². The Balaban J connectivity index is 1.11. The number of aromatic nitrogens is 1. The molecule has 5 aromatic rings. The average Bonchev–Trinajstić information content (AvgIpc) is 3.57. The second-order valence-electron chi connectivity index (χ2n) is 15.6. The van der Waals surface area contributed by atoms with E-state index >= 15 is 0 Å². The minimum absolute atomic E-state index is 0.0462. The van der Waals surface area contributed by atoms with Crippen molar-refractivity contribution in [3.05, 3.63) is 131 Å². The Bertz CT molecular complexity index is 2340. The third kappa shape index (κ3) is 5.24. The first-order valence-electron chi connectivity index (χ1n) is 19.2. The van der Waals surface area contributed by atoms with Crippen molar-refractivity contribution in [2.24, 2.45) is 23.7 Å². The molecule has 0 N–H and O–H groups in total. The van der Waals surface area contributed by atoms with Crippen LogP contribution in [0.2, 0.25) is 0 Å². The first-order chi connectivity index (χ1) is 25.6. The lowest BCUT2D eigenvalue weighted by molar-refractivity contribution is 0.300. The molecule has 0 radical (unpaired) electrons. The predicted molar refractivity (Wildman–Crippen MR) is 208 cm³/mol. The van der Waals surface area contributed by atoms with Gasteiger partial charge in [-0.25, -0.2) is 0 Å². The quantitative estimate of drug-likeness (QED) is 0.177. The molecule has 3 aliphatic carbocycles. The normalized spacial score (nSPS) is 27.0. The third-order valence-electron chi connectivity index (χ3n) is 12.8. The molecule has 0 spiro atoms. The van der Waals surface area contributed by atoms with Gasteiger partial charge in [-0.3, -0.25) is 0 Å². The van der Waals surface area contributed by atoms with Gasteiger partial charge >= 0.3 is 0 Å². The number of anilines is 1. The van der Waals surface area contributed by atoms with Gasteiger partial charge in [-0.2, -0.15) is 15.8 Å². The Kier molecular flexibility index (Phi) is 8.21. The van der Waals surface area contributed by atoms with E-state index in [1.807, 2.05) is 0 Å². The number of hydrogen-bond donors (Lipinski definition) is 0. The molecular formula is C47H43N5. The van der Waals surface area contributed by atoms with Crippen LogP contribution in [0.5, 0.6) is 0 Å². The largest absolute Gasteiger partial charge is 0.338 e. The Hall–Kier alpha value is -5.57. The minimum atomic E-state index is -0.152. The Labute approximate surface area is 306 Å². The zero-order valence-corrected chi connectivity index (χ0v) is 29.7. The Morgan fingerprint density at radius 2 is 1.42 bits per heavy atom. The van der Waals surface area contributed by atoms with E-state index in [9.17, 15) is 15.8 Å². The van der Waals surface area contributed by atoms with Crippen molar-refractivity contribution in [2.75, 3.05) is 4.90 Å². The summed E-state index contributed by atoms with van der Waals surface area (Å²) in [7, 11) is 0. The summed E-state index contributed by atoms with van der Waals surface area (Å²) in [4.78, 5) is 2.59. The number of allylic oxidation sites excluding steroid dienone is 2. The summed E-state index contributed by atoms with van der Waals surface area (Å²) in [6.45, 7) is 2.16. The second-order valence-corrected chi connectivity index (χ2v) is 15.6. The van der Waals surface area contributed by atoms with E-state index in [0.717, 1.165) is 61.7 Å². The van der Waals surface area contributed by atoms with Crippen LogP contribution < -0.4 is 4.90 Å². The first-order valence-corrected chi connectivity index (χ1v) is 19.2. The van der Waals surface area contributed by atoms with Crippen molar-refractivity contribution in [3.63, 3.8) is 0 Å². The van der Waals surface area contributed by atoms with E-state index in [2.05, 4.69) is 138 Å². The highest BCUT2D eigenvalue weighted by Gasteiger charge is 2.48. The van der Waals surface area contributed by atoms with Crippen molar-refractivity contribution in [1.29, 1.82) is 15.8 Å². The number of fused-ring (bicyclic) bond motifs is 5. The molecule has 52 heavy (non-hydrogen) atoms. The van der Waals surface area contributed by atoms with Crippen LogP contribution >= 0.6 is 0 Å². The van der Waals surface area contributed by atoms with Gasteiger partial charge in [0.15, 0.2) is 0 Å². The lowest BCUT2D eigenvalue weighted by Gasteiger charge is -2.38. The summed E-state index contributed by atoms with van der Waals surface area (Å²) in [6.07, 6.45) is 12.8. The summed E-state index contributed by atoms with van der Waals surface area (Å²) in [5.74, 6) is 0.981. The maximum absolute atomic E-state index is 10.4. The van der Waals surface area contributed by atoms with Crippen LogP contribution in [0.1, 0.15) is 86.8 Å². The molecule has 2 fully saturated rings. The maximum atomic E-state index is 10.4. The number of nitriles is 3. The van der Waals surface area contributed by atoms with E-state index in [-0.39, 0.29) is 29.7 Å². The molecule has 5 heteroatoms.